The predicted octanol–water partition coefficient (Wildman–Crippen LogP) is 1.96. The third-order valence-corrected chi connectivity index (χ3v) is 3.26. The van der Waals surface area contributed by atoms with Gasteiger partial charge in [0.25, 0.3) is 0 Å². The molecule has 2 aromatic rings. The Labute approximate surface area is 96.1 Å². The highest BCUT2D eigenvalue weighted by atomic mass is 32.1. The second kappa shape index (κ2) is 4.27. The summed E-state index contributed by atoms with van der Waals surface area (Å²) in [6.07, 6.45) is 0. The molecule has 86 valence electrons. The summed E-state index contributed by atoms with van der Waals surface area (Å²) in [5, 5.41) is 9.11. The summed E-state index contributed by atoms with van der Waals surface area (Å²) in [5.74, 6) is 0.543. The van der Waals surface area contributed by atoms with Crippen LogP contribution in [0.1, 0.15) is 18.4 Å². The summed E-state index contributed by atoms with van der Waals surface area (Å²) in [6, 6.07) is 3.65. The number of benzene rings is 1. The van der Waals surface area contributed by atoms with Gasteiger partial charge >= 0.3 is 4.94 Å². The van der Waals surface area contributed by atoms with E-state index in [1.165, 1.54) is 7.11 Å². The first-order valence-electron chi connectivity index (χ1n) is 4.88. The first-order valence-corrected chi connectivity index (χ1v) is 5.69. The summed E-state index contributed by atoms with van der Waals surface area (Å²) < 4.78 is 11.0. The normalized spacial score (nSPS) is 12.9. The van der Waals surface area contributed by atoms with Gasteiger partial charge in [0.05, 0.1) is 11.8 Å². The lowest BCUT2D eigenvalue weighted by molar-refractivity contribution is 0.273. The summed E-state index contributed by atoms with van der Waals surface area (Å²) in [6.45, 7) is 1.96. The quantitative estimate of drug-likeness (QED) is 0.891. The number of ether oxygens (including phenoxy) is 1. The molecular formula is C11H12O4S. The van der Waals surface area contributed by atoms with Gasteiger partial charge in [-0.15, -0.1) is 0 Å². The van der Waals surface area contributed by atoms with Crippen molar-refractivity contribution in [1.29, 1.82) is 0 Å². The first kappa shape index (κ1) is 11.2. The molecule has 0 fully saturated rings. The fraction of sp³-hybridized carbons (Fsp3) is 0.364. The van der Waals surface area contributed by atoms with E-state index in [4.69, 9.17) is 14.3 Å². The monoisotopic (exact) mass is 240 g/mol. The van der Waals surface area contributed by atoms with Crippen molar-refractivity contribution in [3.8, 4) is 5.75 Å². The molecule has 1 N–H and O–H groups in total. The molecule has 1 unspecified atom stereocenters. The molecule has 0 saturated heterocycles. The van der Waals surface area contributed by atoms with E-state index in [1.807, 2.05) is 13.0 Å². The maximum Gasteiger partial charge on any atom is 0.396 e. The van der Waals surface area contributed by atoms with Crippen molar-refractivity contribution in [3.05, 3.63) is 27.4 Å². The Morgan fingerprint density at radius 2 is 2.31 bits per heavy atom. The molecule has 1 atom stereocenters. The molecule has 4 nitrogen and oxygen atoms in total. The first-order chi connectivity index (χ1) is 7.65. The summed E-state index contributed by atoms with van der Waals surface area (Å²) in [7, 11) is 1.53. The number of aliphatic hydroxyl groups is 1. The zero-order valence-electron chi connectivity index (χ0n) is 9.02. The van der Waals surface area contributed by atoms with Crippen LogP contribution in [0.2, 0.25) is 0 Å². The van der Waals surface area contributed by atoms with Gasteiger partial charge in [0.1, 0.15) is 0 Å². The Balaban J connectivity index is 2.67. The molecule has 1 aromatic heterocycles. The Morgan fingerprint density at radius 1 is 1.56 bits per heavy atom. The summed E-state index contributed by atoms with van der Waals surface area (Å²) in [4.78, 5) is 10.8. The molecule has 5 heteroatoms. The lowest BCUT2D eigenvalue weighted by Gasteiger charge is -2.09. The van der Waals surface area contributed by atoms with E-state index in [0.717, 1.165) is 21.6 Å². The van der Waals surface area contributed by atoms with Crippen molar-refractivity contribution in [1.82, 2.24) is 0 Å². The Morgan fingerprint density at radius 3 is 2.94 bits per heavy atom. The van der Waals surface area contributed by atoms with Gasteiger partial charge in [-0.3, -0.25) is 0 Å². The minimum atomic E-state index is -0.345. The standard InChI is InChI=1S/C11H12O4S/c1-6(5-12)7-3-8(14-2)10-9(4-7)16-11(13)15-10/h3-4,6,12H,5H2,1-2H3. The molecule has 0 saturated carbocycles. The average molecular weight is 240 g/mol. The molecular weight excluding hydrogens is 228 g/mol. The van der Waals surface area contributed by atoms with Crippen molar-refractivity contribution in [2.45, 2.75) is 12.8 Å². The van der Waals surface area contributed by atoms with Gasteiger partial charge in [-0.05, 0) is 17.7 Å². The lowest BCUT2D eigenvalue weighted by atomic mass is 10.0. The maximum atomic E-state index is 11.2. The zero-order valence-corrected chi connectivity index (χ0v) is 9.84. The van der Waals surface area contributed by atoms with Gasteiger partial charge in [-0.1, -0.05) is 18.3 Å². The number of fused-ring (bicyclic) bond motifs is 1. The molecule has 2 rings (SSSR count). The van der Waals surface area contributed by atoms with Crippen LogP contribution >= 0.6 is 11.3 Å². The largest absolute Gasteiger partial charge is 0.493 e. The summed E-state index contributed by atoms with van der Waals surface area (Å²) in [5.41, 5.74) is 1.41. The average Bonchev–Trinajstić information content (AvgIpc) is 2.66. The van der Waals surface area contributed by atoms with Crippen LogP contribution in [-0.4, -0.2) is 18.8 Å². The van der Waals surface area contributed by atoms with Crippen LogP contribution < -0.4 is 9.68 Å². The minimum absolute atomic E-state index is 0.00972. The molecule has 0 aliphatic heterocycles. The van der Waals surface area contributed by atoms with E-state index in [1.54, 1.807) is 6.07 Å². The molecule has 0 bridgehead atoms. The Hall–Kier alpha value is -1.33. The second-order valence-electron chi connectivity index (χ2n) is 3.59. The SMILES string of the molecule is COc1cc(C(C)CO)cc2sc(=O)oc12. The van der Waals surface area contributed by atoms with E-state index in [0.29, 0.717) is 11.3 Å². The molecule has 1 heterocycles. The third-order valence-electron chi connectivity index (χ3n) is 2.48. The molecule has 0 radical (unpaired) electrons. The van der Waals surface area contributed by atoms with Crippen molar-refractivity contribution in [3.63, 3.8) is 0 Å². The highest BCUT2D eigenvalue weighted by molar-refractivity contribution is 7.16. The molecule has 0 aliphatic carbocycles. The van der Waals surface area contributed by atoms with Crippen LogP contribution in [0.3, 0.4) is 0 Å². The van der Waals surface area contributed by atoms with Gasteiger partial charge in [-0.2, -0.15) is 0 Å². The fourth-order valence-electron chi connectivity index (χ4n) is 1.51. The van der Waals surface area contributed by atoms with Crippen LogP contribution in [0.15, 0.2) is 21.3 Å². The fourth-order valence-corrected chi connectivity index (χ4v) is 2.24. The van der Waals surface area contributed by atoms with Crippen molar-refractivity contribution in [2.75, 3.05) is 13.7 Å². The van der Waals surface area contributed by atoms with E-state index in [-0.39, 0.29) is 17.5 Å². The van der Waals surface area contributed by atoms with E-state index in [9.17, 15) is 4.79 Å². The Kier molecular flexibility index (Phi) is 2.98. The van der Waals surface area contributed by atoms with Crippen LogP contribution in [0.4, 0.5) is 0 Å². The van der Waals surface area contributed by atoms with Crippen LogP contribution in [0.5, 0.6) is 5.75 Å². The molecule has 0 spiro atoms. The molecule has 0 amide bonds. The molecule has 1 aromatic carbocycles. The molecule has 0 aliphatic rings. The summed E-state index contributed by atoms with van der Waals surface area (Å²) >= 11 is 1.04. The maximum absolute atomic E-state index is 11.2. The van der Waals surface area contributed by atoms with Gasteiger partial charge in [0.15, 0.2) is 11.3 Å². The smallest absolute Gasteiger partial charge is 0.396 e. The van der Waals surface area contributed by atoms with Crippen LogP contribution in [0.25, 0.3) is 10.3 Å². The van der Waals surface area contributed by atoms with E-state index in [2.05, 4.69) is 0 Å². The Bertz CT molecular complexity index is 555. The zero-order chi connectivity index (χ0) is 11.7. The van der Waals surface area contributed by atoms with Crippen LogP contribution in [0, 0.1) is 0 Å². The van der Waals surface area contributed by atoms with Gasteiger partial charge < -0.3 is 14.3 Å². The van der Waals surface area contributed by atoms with Gasteiger partial charge in [0, 0.05) is 12.5 Å². The number of hydrogen-bond acceptors (Lipinski definition) is 5. The highest BCUT2D eigenvalue weighted by Gasteiger charge is 2.13. The van der Waals surface area contributed by atoms with Crippen molar-refractivity contribution >= 4 is 21.6 Å². The topological polar surface area (TPSA) is 59.7 Å². The second-order valence-corrected chi connectivity index (χ2v) is 4.57. The van der Waals surface area contributed by atoms with Crippen molar-refractivity contribution in [2.24, 2.45) is 0 Å². The number of rotatable bonds is 3. The predicted molar refractivity (Wildman–Crippen MR) is 62.4 cm³/mol. The van der Waals surface area contributed by atoms with Gasteiger partial charge in [0.2, 0.25) is 0 Å². The third kappa shape index (κ3) is 1.83. The van der Waals surface area contributed by atoms with Gasteiger partial charge in [-0.25, -0.2) is 4.79 Å². The highest BCUT2D eigenvalue weighted by Crippen LogP contribution is 2.31. The number of hydrogen-bond donors (Lipinski definition) is 1. The van der Waals surface area contributed by atoms with Crippen molar-refractivity contribution < 1.29 is 14.3 Å². The number of aliphatic hydroxyl groups excluding tert-OH is 1. The number of methoxy groups -OCH3 is 1. The molecule has 16 heavy (non-hydrogen) atoms. The van der Waals surface area contributed by atoms with E-state index < -0.39 is 0 Å². The minimum Gasteiger partial charge on any atom is -0.493 e. The van der Waals surface area contributed by atoms with E-state index >= 15 is 0 Å². The van der Waals surface area contributed by atoms with Crippen LogP contribution in [-0.2, 0) is 0 Å². The lowest BCUT2D eigenvalue weighted by Crippen LogP contribution is -1.99.